The molecule has 3 nitrogen and oxygen atoms in total. The fourth-order valence-corrected chi connectivity index (χ4v) is 2.89. The molecule has 0 saturated carbocycles. The summed E-state index contributed by atoms with van der Waals surface area (Å²) < 4.78 is 0. The van der Waals surface area contributed by atoms with Crippen LogP contribution in [0.1, 0.15) is 44.4 Å². The molecule has 0 aliphatic rings. The van der Waals surface area contributed by atoms with Crippen LogP contribution in [0.4, 0.5) is 0 Å². The van der Waals surface area contributed by atoms with Gasteiger partial charge >= 0.3 is 0 Å². The van der Waals surface area contributed by atoms with E-state index in [1.807, 2.05) is 19.2 Å². The van der Waals surface area contributed by atoms with Crippen molar-refractivity contribution in [3.8, 4) is 0 Å². The van der Waals surface area contributed by atoms with Gasteiger partial charge in [-0.3, -0.25) is 4.90 Å². The molecule has 1 rings (SSSR count). The maximum atomic E-state index is 9.89. The van der Waals surface area contributed by atoms with Gasteiger partial charge in [0.05, 0.1) is 23.2 Å². The summed E-state index contributed by atoms with van der Waals surface area (Å²) in [5, 5.41) is 12.9. The quantitative estimate of drug-likeness (QED) is 0.812. The number of aliphatic hydroxyl groups is 1. The minimum Gasteiger partial charge on any atom is -0.389 e. The predicted octanol–water partition coefficient (Wildman–Crippen LogP) is 3.04. The van der Waals surface area contributed by atoms with Crippen LogP contribution in [0.3, 0.4) is 0 Å². The molecule has 1 aromatic rings. The Bertz CT molecular complexity index is 349. The summed E-state index contributed by atoms with van der Waals surface area (Å²) in [4.78, 5) is 6.71. The van der Waals surface area contributed by atoms with Crippen molar-refractivity contribution in [1.82, 2.24) is 9.88 Å². The smallest absolute Gasteiger partial charge is 0.110 e. The van der Waals surface area contributed by atoms with Crippen LogP contribution in [0.15, 0.2) is 5.38 Å². The highest BCUT2D eigenvalue weighted by molar-refractivity contribution is 7.09. The Labute approximate surface area is 112 Å². The molecule has 1 unspecified atom stereocenters. The number of hydrogen-bond donors (Lipinski definition) is 1. The molecule has 5 heteroatoms. The first-order chi connectivity index (χ1) is 7.87. The van der Waals surface area contributed by atoms with E-state index in [1.54, 1.807) is 11.3 Å². The van der Waals surface area contributed by atoms with E-state index in [0.29, 0.717) is 12.4 Å². The zero-order valence-corrected chi connectivity index (χ0v) is 12.5. The lowest BCUT2D eigenvalue weighted by atomic mass is 10.1. The largest absolute Gasteiger partial charge is 0.389 e. The number of nitrogens with zero attached hydrogens (tertiary/aromatic N) is 2. The Morgan fingerprint density at radius 3 is 2.65 bits per heavy atom. The van der Waals surface area contributed by atoms with Gasteiger partial charge in [-0.1, -0.05) is 6.92 Å². The highest BCUT2D eigenvalue weighted by Gasteiger charge is 2.23. The van der Waals surface area contributed by atoms with Crippen molar-refractivity contribution >= 4 is 22.9 Å². The van der Waals surface area contributed by atoms with Gasteiger partial charge in [0, 0.05) is 11.9 Å². The predicted molar refractivity (Wildman–Crippen MR) is 73.6 cm³/mol. The Morgan fingerprint density at radius 1 is 1.59 bits per heavy atom. The van der Waals surface area contributed by atoms with Crippen molar-refractivity contribution in [1.29, 1.82) is 0 Å². The van der Waals surface area contributed by atoms with Crippen LogP contribution in [0, 0.1) is 0 Å². The zero-order chi connectivity index (χ0) is 13.1. The third kappa shape index (κ3) is 4.54. The summed E-state index contributed by atoms with van der Waals surface area (Å²) >= 11 is 7.39. The summed E-state index contributed by atoms with van der Waals surface area (Å²) in [5.41, 5.74) is 0.245. The summed E-state index contributed by atoms with van der Waals surface area (Å²) in [5.74, 6) is 0.459. The average molecular weight is 277 g/mol. The molecule has 0 saturated heterocycles. The molecule has 0 radical (unpaired) electrons. The molecule has 0 aliphatic heterocycles. The van der Waals surface area contributed by atoms with Crippen LogP contribution in [0.5, 0.6) is 0 Å². The van der Waals surface area contributed by atoms with Crippen LogP contribution >= 0.6 is 22.9 Å². The van der Waals surface area contributed by atoms with Crippen molar-refractivity contribution < 1.29 is 5.11 Å². The van der Waals surface area contributed by atoms with Crippen LogP contribution < -0.4 is 0 Å². The van der Waals surface area contributed by atoms with Gasteiger partial charge in [-0.05, 0) is 27.3 Å². The molecule has 0 aromatic carbocycles. The maximum Gasteiger partial charge on any atom is 0.110 e. The molecule has 1 atom stereocenters. The Hall–Kier alpha value is -0.160. The number of hydrogen-bond acceptors (Lipinski definition) is 4. The average Bonchev–Trinajstić information content (AvgIpc) is 2.72. The van der Waals surface area contributed by atoms with E-state index in [9.17, 15) is 5.11 Å². The number of rotatable bonds is 6. The van der Waals surface area contributed by atoms with E-state index in [2.05, 4.69) is 23.7 Å². The first-order valence-electron chi connectivity index (χ1n) is 5.84. The monoisotopic (exact) mass is 276 g/mol. The molecule has 98 valence electrons. The highest BCUT2D eigenvalue weighted by atomic mass is 35.5. The second-order valence-electron chi connectivity index (χ2n) is 4.86. The van der Waals surface area contributed by atoms with E-state index < -0.39 is 5.60 Å². The van der Waals surface area contributed by atoms with E-state index >= 15 is 0 Å². The van der Waals surface area contributed by atoms with Crippen molar-refractivity contribution in [3.05, 3.63) is 16.1 Å². The topological polar surface area (TPSA) is 36.4 Å². The summed E-state index contributed by atoms with van der Waals surface area (Å²) in [6.45, 7) is 9.40. The molecule has 0 aliphatic carbocycles. The number of aromatic nitrogens is 1. The highest BCUT2D eigenvalue weighted by Crippen LogP contribution is 2.25. The van der Waals surface area contributed by atoms with Gasteiger partial charge in [0.1, 0.15) is 5.01 Å². The number of alkyl halides is 1. The molecule has 0 fully saturated rings. The van der Waals surface area contributed by atoms with Gasteiger partial charge in [-0.15, -0.1) is 22.9 Å². The van der Waals surface area contributed by atoms with E-state index in [0.717, 1.165) is 17.2 Å². The molecule has 1 aromatic heterocycles. The minimum atomic E-state index is -0.684. The van der Waals surface area contributed by atoms with Crippen molar-refractivity contribution in [2.75, 3.05) is 13.1 Å². The molecular formula is C12H21ClN2OS. The molecule has 0 spiro atoms. The van der Waals surface area contributed by atoms with E-state index in [1.165, 1.54) is 0 Å². The van der Waals surface area contributed by atoms with Gasteiger partial charge in [0.2, 0.25) is 0 Å². The maximum absolute atomic E-state index is 9.89. The van der Waals surface area contributed by atoms with Gasteiger partial charge in [0.25, 0.3) is 0 Å². The van der Waals surface area contributed by atoms with Crippen molar-refractivity contribution in [2.24, 2.45) is 0 Å². The molecule has 17 heavy (non-hydrogen) atoms. The molecular weight excluding hydrogens is 256 g/mol. The standard InChI is InChI=1S/C12H21ClN2OS/c1-5-15(8-12(3,4)16)9(2)11-14-10(6-13)7-17-11/h7,9,16H,5-6,8H2,1-4H3. The second-order valence-corrected chi connectivity index (χ2v) is 6.02. The lowest BCUT2D eigenvalue weighted by Crippen LogP contribution is -2.39. The summed E-state index contributed by atoms with van der Waals surface area (Å²) in [6, 6.07) is 0.216. The summed E-state index contributed by atoms with van der Waals surface area (Å²) in [7, 11) is 0. The van der Waals surface area contributed by atoms with Gasteiger partial charge in [-0.25, -0.2) is 4.98 Å². The zero-order valence-electron chi connectivity index (χ0n) is 10.9. The Kier molecular flexibility index (Phi) is 5.38. The van der Waals surface area contributed by atoms with Gasteiger partial charge in [-0.2, -0.15) is 0 Å². The first-order valence-corrected chi connectivity index (χ1v) is 7.25. The van der Waals surface area contributed by atoms with Crippen molar-refractivity contribution in [2.45, 2.75) is 45.2 Å². The lowest BCUT2D eigenvalue weighted by Gasteiger charge is -2.31. The fourth-order valence-electron chi connectivity index (χ4n) is 1.75. The minimum absolute atomic E-state index is 0.216. The fraction of sp³-hybridized carbons (Fsp3) is 0.750. The number of halogens is 1. The number of thiazole rings is 1. The van der Waals surface area contributed by atoms with E-state index in [4.69, 9.17) is 11.6 Å². The Balaban J connectivity index is 2.75. The van der Waals surface area contributed by atoms with Crippen molar-refractivity contribution in [3.63, 3.8) is 0 Å². The second kappa shape index (κ2) is 6.14. The lowest BCUT2D eigenvalue weighted by molar-refractivity contribution is 0.0249. The third-order valence-electron chi connectivity index (χ3n) is 2.61. The molecule has 0 bridgehead atoms. The number of likely N-dealkylation sites (N-methyl/N-ethyl adjacent to an activating group) is 1. The van der Waals surface area contributed by atoms with Crippen LogP contribution in [-0.4, -0.2) is 33.7 Å². The van der Waals surface area contributed by atoms with Gasteiger partial charge < -0.3 is 5.11 Å². The van der Waals surface area contributed by atoms with Gasteiger partial charge in [0.15, 0.2) is 0 Å². The third-order valence-corrected chi connectivity index (χ3v) is 3.95. The normalized spacial score (nSPS) is 14.3. The summed E-state index contributed by atoms with van der Waals surface area (Å²) in [6.07, 6.45) is 0. The molecule has 1 N–H and O–H groups in total. The molecule has 0 amide bonds. The van der Waals surface area contributed by atoms with Crippen LogP contribution in [0.2, 0.25) is 0 Å². The Morgan fingerprint density at radius 2 is 2.24 bits per heavy atom. The SMILES string of the molecule is CCN(CC(C)(C)O)C(C)c1nc(CCl)cs1. The van der Waals surface area contributed by atoms with E-state index in [-0.39, 0.29) is 6.04 Å². The van der Waals surface area contributed by atoms with Crippen LogP contribution in [0.25, 0.3) is 0 Å². The van der Waals surface area contributed by atoms with Crippen LogP contribution in [-0.2, 0) is 5.88 Å². The first kappa shape index (κ1) is 14.9. The molecule has 1 heterocycles.